The standard InChI is InChI=1S/C12H20FNO3/c1-4-5-6-9(13)11(15)14-10(8(2)3)7-17-12(14)16/h8-10H,4-7H2,1-3H3/t9-,10+/m0/s1. The van der Waals surface area contributed by atoms with E-state index in [9.17, 15) is 14.0 Å². The third-order valence-corrected chi connectivity index (χ3v) is 2.99. The molecule has 98 valence electrons. The normalized spacial score (nSPS) is 21.8. The molecule has 2 amide bonds. The fourth-order valence-electron chi connectivity index (χ4n) is 1.84. The number of ether oxygens (including phenoxy) is 1. The summed E-state index contributed by atoms with van der Waals surface area (Å²) in [5.74, 6) is -0.677. The lowest BCUT2D eigenvalue weighted by Crippen LogP contribution is -2.45. The number of alkyl halides is 1. The Morgan fingerprint density at radius 3 is 2.76 bits per heavy atom. The van der Waals surface area contributed by atoms with Gasteiger partial charge in [0, 0.05) is 0 Å². The van der Waals surface area contributed by atoms with E-state index >= 15 is 0 Å². The molecule has 1 rings (SSSR count). The van der Waals surface area contributed by atoms with Crippen molar-refractivity contribution in [3.8, 4) is 0 Å². The van der Waals surface area contributed by atoms with Crippen LogP contribution < -0.4 is 0 Å². The number of amides is 2. The zero-order chi connectivity index (χ0) is 13.0. The molecule has 0 aromatic rings. The molecule has 17 heavy (non-hydrogen) atoms. The van der Waals surface area contributed by atoms with Crippen LogP contribution in [-0.4, -0.2) is 35.7 Å². The van der Waals surface area contributed by atoms with E-state index in [-0.39, 0.29) is 25.0 Å². The molecule has 1 fully saturated rings. The molecule has 0 aliphatic carbocycles. The summed E-state index contributed by atoms with van der Waals surface area (Å²) in [6, 6.07) is -0.338. The van der Waals surface area contributed by atoms with Crippen LogP contribution in [0.3, 0.4) is 0 Å². The monoisotopic (exact) mass is 245 g/mol. The van der Waals surface area contributed by atoms with Gasteiger partial charge in [0.1, 0.15) is 6.61 Å². The Balaban J connectivity index is 2.68. The third-order valence-electron chi connectivity index (χ3n) is 2.99. The van der Waals surface area contributed by atoms with Crippen molar-refractivity contribution in [1.82, 2.24) is 4.90 Å². The van der Waals surface area contributed by atoms with Gasteiger partial charge in [-0.1, -0.05) is 33.6 Å². The molecule has 0 unspecified atom stereocenters. The van der Waals surface area contributed by atoms with Gasteiger partial charge in [0.25, 0.3) is 5.91 Å². The van der Waals surface area contributed by atoms with Crippen molar-refractivity contribution in [3.05, 3.63) is 0 Å². The van der Waals surface area contributed by atoms with Gasteiger partial charge in [-0.25, -0.2) is 14.1 Å². The molecule has 0 aromatic carbocycles. The summed E-state index contributed by atoms with van der Waals surface area (Å²) in [4.78, 5) is 24.2. The average molecular weight is 245 g/mol. The highest BCUT2D eigenvalue weighted by Gasteiger charge is 2.42. The van der Waals surface area contributed by atoms with Crippen LogP contribution in [0.4, 0.5) is 9.18 Å². The van der Waals surface area contributed by atoms with Crippen molar-refractivity contribution in [2.24, 2.45) is 5.92 Å². The van der Waals surface area contributed by atoms with Gasteiger partial charge < -0.3 is 4.74 Å². The van der Waals surface area contributed by atoms with Gasteiger partial charge in [0.15, 0.2) is 6.17 Å². The number of unbranched alkanes of at least 4 members (excludes halogenated alkanes) is 1. The molecular weight excluding hydrogens is 225 g/mol. The quantitative estimate of drug-likeness (QED) is 0.747. The molecule has 1 aliphatic rings. The number of rotatable bonds is 5. The first-order chi connectivity index (χ1) is 7.99. The minimum absolute atomic E-state index is 0.0729. The number of hydrogen-bond donors (Lipinski definition) is 0. The van der Waals surface area contributed by atoms with Gasteiger partial charge in [-0.05, 0) is 12.3 Å². The molecular formula is C12H20FNO3. The van der Waals surface area contributed by atoms with Gasteiger partial charge in [-0.2, -0.15) is 0 Å². The van der Waals surface area contributed by atoms with Gasteiger partial charge in [0.05, 0.1) is 6.04 Å². The van der Waals surface area contributed by atoms with Crippen LogP contribution in [0.15, 0.2) is 0 Å². The Morgan fingerprint density at radius 2 is 2.24 bits per heavy atom. The SMILES string of the molecule is CCCC[C@H](F)C(=O)N1C(=O)OC[C@@H]1C(C)C. The smallest absolute Gasteiger partial charge is 0.417 e. The first kappa shape index (κ1) is 13.9. The number of hydrogen-bond acceptors (Lipinski definition) is 3. The van der Waals surface area contributed by atoms with Crippen LogP contribution >= 0.6 is 0 Å². The molecule has 0 spiro atoms. The fourth-order valence-corrected chi connectivity index (χ4v) is 1.84. The number of halogens is 1. The van der Waals surface area contributed by atoms with Gasteiger partial charge in [-0.15, -0.1) is 0 Å². The van der Waals surface area contributed by atoms with Crippen molar-refractivity contribution in [2.45, 2.75) is 52.2 Å². The largest absolute Gasteiger partial charge is 0.447 e. The molecule has 1 aliphatic heterocycles. The predicted molar refractivity (Wildman–Crippen MR) is 61.2 cm³/mol. The number of nitrogens with zero attached hydrogens (tertiary/aromatic N) is 1. The van der Waals surface area contributed by atoms with E-state index in [1.165, 1.54) is 0 Å². The molecule has 1 saturated heterocycles. The minimum Gasteiger partial charge on any atom is -0.447 e. The van der Waals surface area contributed by atoms with Crippen molar-refractivity contribution in [2.75, 3.05) is 6.61 Å². The summed E-state index contributed by atoms with van der Waals surface area (Å²) in [7, 11) is 0. The summed E-state index contributed by atoms with van der Waals surface area (Å²) >= 11 is 0. The second kappa shape index (κ2) is 5.98. The molecule has 1 heterocycles. The van der Waals surface area contributed by atoms with Crippen LogP contribution in [0.2, 0.25) is 0 Å². The number of imide groups is 1. The summed E-state index contributed by atoms with van der Waals surface area (Å²) in [5.41, 5.74) is 0. The van der Waals surface area contributed by atoms with Crippen LogP contribution in [0.1, 0.15) is 40.0 Å². The van der Waals surface area contributed by atoms with E-state index in [0.717, 1.165) is 11.3 Å². The zero-order valence-electron chi connectivity index (χ0n) is 10.6. The Kier molecular flexibility index (Phi) is 4.90. The highest BCUT2D eigenvalue weighted by atomic mass is 19.1. The van der Waals surface area contributed by atoms with Crippen LogP contribution in [0.5, 0.6) is 0 Å². The molecule has 0 bridgehead atoms. The van der Waals surface area contributed by atoms with Gasteiger partial charge >= 0.3 is 6.09 Å². The van der Waals surface area contributed by atoms with Gasteiger partial charge in [-0.3, -0.25) is 4.79 Å². The second-order valence-electron chi connectivity index (χ2n) is 4.71. The molecule has 2 atom stereocenters. The van der Waals surface area contributed by atoms with Gasteiger partial charge in [0.2, 0.25) is 0 Å². The van der Waals surface area contributed by atoms with Crippen LogP contribution in [-0.2, 0) is 9.53 Å². The van der Waals surface area contributed by atoms with E-state index in [0.29, 0.717) is 6.42 Å². The highest BCUT2D eigenvalue weighted by Crippen LogP contribution is 2.22. The maximum absolute atomic E-state index is 13.6. The van der Waals surface area contributed by atoms with Crippen molar-refractivity contribution >= 4 is 12.0 Å². The van der Waals surface area contributed by atoms with Crippen LogP contribution in [0.25, 0.3) is 0 Å². The van der Waals surface area contributed by atoms with E-state index in [4.69, 9.17) is 4.74 Å². The second-order valence-corrected chi connectivity index (χ2v) is 4.71. The molecule has 0 radical (unpaired) electrons. The molecule has 0 aromatic heterocycles. The Bertz CT molecular complexity index is 293. The zero-order valence-corrected chi connectivity index (χ0v) is 10.6. The highest BCUT2D eigenvalue weighted by molar-refractivity contribution is 5.95. The molecule has 5 heteroatoms. The average Bonchev–Trinajstić information content (AvgIpc) is 2.67. The molecule has 4 nitrogen and oxygen atoms in total. The maximum atomic E-state index is 13.6. The maximum Gasteiger partial charge on any atom is 0.417 e. The summed E-state index contributed by atoms with van der Waals surface area (Å²) in [6.45, 7) is 5.86. The Hall–Kier alpha value is -1.13. The van der Waals surface area contributed by atoms with Crippen molar-refractivity contribution in [1.29, 1.82) is 0 Å². The lowest BCUT2D eigenvalue weighted by atomic mass is 10.0. The van der Waals surface area contributed by atoms with E-state index in [2.05, 4.69) is 0 Å². The van der Waals surface area contributed by atoms with E-state index < -0.39 is 18.2 Å². The predicted octanol–water partition coefficient (Wildman–Crippen LogP) is 2.52. The number of cyclic esters (lactones) is 1. The van der Waals surface area contributed by atoms with Crippen molar-refractivity contribution in [3.63, 3.8) is 0 Å². The number of carbonyl (C=O) groups excluding carboxylic acids is 2. The Morgan fingerprint density at radius 1 is 1.59 bits per heavy atom. The lowest BCUT2D eigenvalue weighted by Gasteiger charge is -2.23. The molecule has 0 saturated carbocycles. The summed E-state index contributed by atoms with van der Waals surface area (Å²) in [6.07, 6.45) is -0.674. The minimum atomic E-state index is -1.60. The van der Waals surface area contributed by atoms with E-state index in [1.54, 1.807) is 0 Å². The summed E-state index contributed by atoms with van der Waals surface area (Å²) in [5, 5.41) is 0. The topological polar surface area (TPSA) is 46.6 Å². The Labute approximate surface area is 101 Å². The first-order valence-corrected chi connectivity index (χ1v) is 6.12. The lowest BCUT2D eigenvalue weighted by molar-refractivity contribution is -0.135. The third kappa shape index (κ3) is 3.17. The number of carbonyl (C=O) groups is 2. The molecule has 0 N–H and O–H groups in total. The summed E-state index contributed by atoms with van der Waals surface area (Å²) < 4.78 is 18.5. The first-order valence-electron chi connectivity index (χ1n) is 6.12. The van der Waals surface area contributed by atoms with E-state index in [1.807, 2.05) is 20.8 Å². The van der Waals surface area contributed by atoms with Crippen molar-refractivity contribution < 1.29 is 18.7 Å². The fraction of sp³-hybridized carbons (Fsp3) is 0.833. The van der Waals surface area contributed by atoms with Crippen LogP contribution in [0, 0.1) is 5.92 Å².